The summed E-state index contributed by atoms with van der Waals surface area (Å²) in [5, 5.41) is 20.3. The fourth-order valence-electron chi connectivity index (χ4n) is 4.55. The Hall–Kier alpha value is -4.24. The van der Waals surface area contributed by atoms with E-state index in [2.05, 4.69) is 38.5 Å². The van der Waals surface area contributed by atoms with Crippen LogP contribution in [0, 0.1) is 0 Å². The number of rotatable bonds is 4. The van der Waals surface area contributed by atoms with Gasteiger partial charge in [0, 0.05) is 42.5 Å². The molecule has 2 aromatic carbocycles. The SMILES string of the molecule is CNC1CCN(c2nc(C(=O)NC(=O)O)cc3ccccc23)c2ccc(-c3cnn(C)c3)cc21. The monoisotopic (exact) mass is 456 g/mol. The van der Waals surface area contributed by atoms with Gasteiger partial charge in [-0.3, -0.25) is 14.8 Å². The van der Waals surface area contributed by atoms with E-state index < -0.39 is 12.0 Å². The molecule has 172 valence electrons. The van der Waals surface area contributed by atoms with E-state index in [1.807, 2.05) is 56.1 Å². The highest BCUT2D eigenvalue weighted by Gasteiger charge is 2.28. The Kier molecular flexibility index (Phi) is 5.46. The highest BCUT2D eigenvalue weighted by molar-refractivity contribution is 6.05. The number of nitrogens with zero attached hydrogens (tertiary/aromatic N) is 4. The van der Waals surface area contributed by atoms with Crippen molar-refractivity contribution < 1.29 is 14.7 Å². The Morgan fingerprint density at radius 1 is 1.12 bits per heavy atom. The molecule has 0 aliphatic carbocycles. The first-order chi connectivity index (χ1) is 16.4. The molecule has 2 aromatic heterocycles. The fourth-order valence-corrected chi connectivity index (χ4v) is 4.55. The number of pyridine rings is 1. The van der Waals surface area contributed by atoms with Crippen LogP contribution in [0.3, 0.4) is 0 Å². The number of nitrogens with one attached hydrogen (secondary N) is 2. The van der Waals surface area contributed by atoms with Crippen LogP contribution >= 0.6 is 0 Å². The van der Waals surface area contributed by atoms with Gasteiger partial charge >= 0.3 is 6.09 Å². The third-order valence-electron chi connectivity index (χ3n) is 6.15. The van der Waals surface area contributed by atoms with E-state index in [-0.39, 0.29) is 11.7 Å². The van der Waals surface area contributed by atoms with E-state index in [9.17, 15) is 9.59 Å². The zero-order valence-corrected chi connectivity index (χ0v) is 18.8. The van der Waals surface area contributed by atoms with Crippen molar-refractivity contribution in [2.45, 2.75) is 12.5 Å². The van der Waals surface area contributed by atoms with Crippen molar-refractivity contribution in [3.63, 3.8) is 0 Å². The van der Waals surface area contributed by atoms with Gasteiger partial charge in [-0.2, -0.15) is 5.10 Å². The predicted molar refractivity (Wildman–Crippen MR) is 129 cm³/mol. The molecule has 34 heavy (non-hydrogen) atoms. The molecule has 0 spiro atoms. The van der Waals surface area contributed by atoms with E-state index in [0.29, 0.717) is 12.4 Å². The molecule has 1 aliphatic rings. The second kappa shape index (κ2) is 8.60. The topological polar surface area (TPSA) is 112 Å². The summed E-state index contributed by atoms with van der Waals surface area (Å²) in [5.41, 5.74) is 4.28. The van der Waals surface area contributed by atoms with Gasteiger partial charge in [0.2, 0.25) is 0 Å². The van der Waals surface area contributed by atoms with Crippen LogP contribution in [0.4, 0.5) is 16.3 Å². The number of fused-ring (bicyclic) bond motifs is 2. The summed E-state index contributed by atoms with van der Waals surface area (Å²) in [6.07, 6.45) is 3.25. The molecule has 0 fully saturated rings. The quantitative estimate of drug-likeness (QED) is 0.428. The van der Waals surface area contributed by atoms with Crippen molar-refractivity contribution in [1.29, 1.82) is 0 Å². The summed E-state index contributed by atoms with van der Waals surface area (Å²) in [7, 11) is 3.84. The minimum absolute atomic E-state index is 0.0559. The Morgan fingerprint density at radius 3 is 2.68 bits per heavy atom. The van der Waals surface area contributed by atoms with Gasteiger partial charge in [-0.25, -0.2) is 9.78 Å². The summed E-state index contributed by atoms with van der Waals surface area (Å²) >= 11 is 0. The Balaban J connectivity index is 1.65. The number of aryl methyl sites for hydroxylation is 1. The van der Waals surface area contributed by atoms with Crippen molar-refractivity contribution in [2.75, 3.05) is 18.5 Å². The first kappa shape index (κ1) is 21.6. The lowest BCUT2D eigenvalue weighted by Gasteiger charge is -2.36. The van der Waals surface area contributed by atoms with Crippen molar-refractivity contribution >= 4 is 34.3 Å². The van der Waals surface area contributed by atoms with Crippen LogP contribution in [0.5, 0.6) is 0 Å². The number of benzene rings is 2. The number of carbonyl (C=O) groups excluding carboxylic acids is 1. The summed E-state index contributed by atoms with van der Waals surface area (Å²) in [6, 6.07) is 15.7. The summed E-state index contributed by atoms with van der Waals surface area (Å²) < 4.78 is 1.78. The molecule has 9 heteroatoms. The number of carboxylic acid groups (broad SMARTS) is 1. The van der Waals surface area contributed by atoms with Gasteiger partial charge in [-0.05, 0) is 48.2 Å². The molecule has 1 aliphatic heterocycles. The van der Waals surface area contributed by atoms with Crippen molar-refractivity contribution in [2.24, 2.45) is 7.05 Å². The van der Waals surface area contributed by atoms with Crippen LogP contribution in [0.25, 0.3) is 21.9 Å². The second-order valence-electron chi connectivity index (χ2n) is 8.27. The smallest absolute Gasteiger partial charge is 0.411 e. The standard InChI is InChI=1S/C25H24N6O3/c1-26-20-9-10-31(22-8-7-15(11-19(20)22)17-13-27-30(2)14-17)23-18-6-4-3-5-16(18)12-21(28-23)24(32)29-25(33)34/h3-8,11-14,20,26H,9-10H2,1-2H3,(H,29,32)(H,33,34). The van der Waals surface area contributed by atoms with Gasteiger partial charge in [0.1, 0.15) is 11.5 Å². The average molecular weight is 457 g/mol. The maximum absolute atomic E-state index is 12.5. The molecular weight excluding hydrogens is 432 g/mol. The maximum atomic E-state index is 12.5. The van der Waals surface area contributed by atoms with E-state index >= 15 is 0 Å². The minimum atomic E-state index is -1.41. The van der Waals surface area contributed by atoms with Crippen LogP contribution in [0.2, 0.25) is 0 Å². The van der Waals surface area contributed by atoms with Crippen LogP contribution in [-0.2, 0) is 7.05 Å². The van der Waals surface area contributed by atoms with Crippen molar-refractivity contribution in [3.8, 4) is 11.1 Å². The molecular formula is C25H24N6O3. The molecule has 1 unspecified atom stereocenters. The van der Waals surface area contributed by atoms with Crippen LogP contribution < -0.4 is 15.5 Å². The Bertz CT molecular complexity index is 1410. The van der Waals surface area contributed by atoms with Gasteiger partial charge in [0.15, 0.2) is 0 Å². The van der Waals surface area contributed by atoms with Gasteiger partial charge in [-0.1, -0.05) is 30.3 Å². The lowest BCUT2D eigenvalue weighted by Crippen LogP contribution is -2.33. The van der Waals surface area contributed by atoms with Gasteiger partial charge in [0.05, 0.1) is 6.20 Å². The number of hydrogen-bond donors (Lipinski definition) is 3. The molecule has 9 nitrogen and oxygen atoms in total. The predicted octanol–water partition coefficient (Wildman–Crippen LogP) is 3.85. The first-order valence-electron chi connectivity index (χ1n) is 11.0. The van der Waals surface area contributed by atoms with Crippen LogP contribution in [-0.4, -0.2) is 45.5 Å². The van der Waals surface area contributed by atoms with Gasteiger partial charge < -0.3 is 15.3 Å². The van der Waals surface area contributed by atoms with E-state index in [1.165, 1.54) is 0 Å². The number of carbonyl (C=O) groups is 2. The van der Waals surface area contributed by atoms with E-state index in [1.54, 1.807) is 10.7 Å². The van der Waals surface area contributed by atoms with Crippen LogP contribution in [0.1, 0.15) is 28.5 Å². The first-order valence-corrected chi connectivity index (χ1v) is 11.0. The third-order valence-corrected chi connectivity index (χ3v) is 6.15. The zero-order valence-electron chi connectivity index (χ0n) is 18.8. The van der Waals surface area contributed by atoms with Crippen molar-refractivity contribution in [3.05, 3.63) is 72.2 Å². The third kappa shape index (κ3) is 3.86. The number of imide groups is 1. The lowest BCUT2D eigenvalue weighted by atomic mass is 9.93. The molecule has 3 N–H and O–H groups in total. The minimum Gasteiger partial charge on any atom is -0.465 e. The van der Waals surface area contributed by atoms with E-state index in [0.717, 1.165) is 39.6 Å². The van der Waals surface area contributed by atoms with Gasteiger partial charge in [0.25, 0.3) is 5.91 Å². The molecule has 4 aromatic rings. The Labute approximate surface area is 196 Å². The molecule has 0 radical (unpaired) electrons. The highest BCUT2D eigenvalue weighted by atomic mass is 16.4. The number of aromatic nitrogens is 3. The van der Waals surface area contributed by atoms with Gasteiger partial charge in [-0.15, -0.1) is 0 Å². The maximum Gasteiger partial charge on any atom is 0.411 e. The molecule has 2 amide bonds. The number of anilines is 2. The number of amides is 2. The molecule has 0 bridgehead atoms. The molecule has 0 saturated carbocycles. The fraction of sp³-hybridized carbons (Fsp3) is 0.200. The number of hydrogen-bond acceptors (Lipinski definition) is 6. The van der Waals surface area contributed by atoms with Crippen molar-refractivity contribution in [1.82, 2.24) is 25.4 Å². The van der Waals surface area contributed by atoms with E-state index in [4.69, 9.17) is 5.11 Å². The molecule has 5 rings (SSSR count). The van der Waals surface area contributed by atoms with Crippen LogP contribution in [0.15, 0.2) is 60.9 Å². The zero-order chi connectivity index (χ0) is 23.8. The molecule has 0 saturated heterocycles. The summed E-state index contributed by atoms with van der Waals surface area (Å²) in [5.74, 6) is -0.129. The summed E-state index contributed by atoms with van der Waals surface area (Å²) in [6.45, 7) is 0.686. The Morgan fingerprint density at radius 2 is 1.94 bits per heavy atom. The second-order valence-corrected chi connectivity index (χ2v) is 8.27. The normalized spacial score (nSPS) is 15.2. The molecule has 1 atom stereocenters. The largest absolute Gasteiger partial charge is 0.465 e. The lowest BCUT2D eigenvalue weighted by molar-refractivity contribution is 0.0943. The highest BCUT2D eigenvalue weighted by Crippen LogP contribution is 2.41. The average Bonchev–Trinajstić information content (AvgIpc) is 3.28. The molecule has 3 heterocycles. The summed E-state index contributed by atoms with van der Waals surface area (Å²) in [4.78, 5) is 30.3.